The molecule has 1 aromatic carbocycles. The van der Waals surface area contributed by atoms with Gasteiger partial charge in [-0.3, -0.25) is 4.79 Å². The van der Waals surface area contributed by atoms with Crippen LogP contribution in [0.2, 0.25) is 5.02 Å². The summed E-state index contributed by atoms with van der Waals surface area (Å²) < 4.78 is 10.6. The van der Waals surface area contributed by atoms with Crippen LogP contribution in [0.1, 0.15) is 27.7 Å². The summed E-state index contributed by atoms with van der Waals surface area (Å²) in [6.07, 6.45) is 0. The molecule has 0 atom stereocenters. The highest BCUT2D eigenvalue weighted by atomic mass is 35.5. The first kappa shape index (κ1) is 18.3. The Morgan fingerprint density at radius 1 is 1.23 bits per heavy atom. The highest BCUT2D eigenvalue weighted by molar-refractivity contribution is 6.30. The monoisotopic (exact) mass is 327 g/mol. The van der Waals surface area contributed by atoms with Gasteiger partial charge < -0.3 is 14.8 Å². The molecule has 0 bridgehead atoms. The Bertz CT molecular complexity index is 511. The topological polar surface area (TPSA) is 64.6 Å². The minimum absolute atomic E-state index is 0.320. The highest BCUT2D eigenvalue weighted by Crippen LogP contribution is 2.21. The normalized spacial score (nSPS) is 11.2. The molecule has 0 aliphatic rings. The van der Waals surface area contributed by atoms with Crippen molar-refractivity contribution in [2.75, 3.05) is 13.2 Å². The first-order valence-corrected chi connectivity index (χ1v) is 7.47. The average Bonchev–Trinajstić information content (AvgIpc) is 2.44. The third-order valence-corrected chi connectivity index (χ3v) is 2.97. The molecule has 0 aromatic heterocycles. The molecule has 0 unspecified atom stereocenters. The van der Waals surface area contributed by atoms with Gasteiger partial charge in [0.15, 0.2) is 12.2 Å². The van der Waals surface area contributed by atoms with Crippen molar-refractivity contribution in [1.82, 2.24) is 5.32 Å². The predicted octanol–water partition coefficient (Wildman–Crippen LogP) is 2.81. The lowest BCUT2D eigenvalue weighted by molar-refractivity contribution is -0.162. The molecule has 0 radical (unpaired) electrons. The second kappa shape index (κ2) is 8.03. The number of halogens is 1. The van der Waals surface area contributed by atoms with Crippen LogP contribution in [-0.4, -0.2) is 30.6 Å². The first-order valence-electron chi connectivity index (χ1n) is 7.09. The van der Waals surface area contributed by atoms with Gasteiger partial charge in [0.05, 0.1) is 0 Å². The van der Waals surface area contributed by atoms with Gasteiger partial charge in [-0.25, -0.2) is 4.79 Å². The molecule has 0 saturated carbocycles. The lowest BCUT2D eigenvalue weighted by atomic mass is 10.1. The fourth-order valence-corrected chi connectivity index (χ4v) is 1.64. The number of hydrogen-bond donors (Lipinski definition) is 1. The van der Waals surface area contributed by atoms with E-state index >= 15 is 0 Å². The minimum Gasteiger partial charge on any atom is -0.476 e. The second-order valence-corrected chi connectivity index (χ2v) is 6.28. The minimum atomic E-state index is -1.20. The summed E-state index contributed by atoms with van der Waals surface area (Å²) in [5.41, 5.74) is -1.20. The summed E-state index contributed by atoms with van der Waals surface area (Å²) in [6, 6.07) is 6.65. The number of esters is 1. The van der Waals surface area contributed by atoms with Crippen molar-refractivity contribution < 1.29 is 19.1 Å². The smallest absolute Gasteiger partial charge is 0.350 e. The molecule has 0 spiro atoms. The average molecular weight is 328 g/mol. The number of benzene rings is 1. The van der Waals surface area contributed by atoms with Crippen LogP contribution in [0, 0.1) is 5.92 Å². The number of amides is 1. The van der Waals surface area contributed by atoms with Crippen LogP contribution < -0.4 is 10.1 Å². The van der Waals surface area contributed by atoms with Gasteiger partial charge in [0.25, 0.3) is 5.91 Å². The molecule has 1 N–H and O–H groups in total. The van der Waals surface area contributed by atoms with Crippen molar-refractivity contribution in [2.24, 2.45) is 5.92 Å². The van der Waals surface area contributed by atoms with Crippen LogP contribution in [0.5, 0.6) is 5.75 Å². The van der Waals surface area contributed by atoms with Gasteiger partial charge in [-0.05, 0) is 44.0 Å². The zero-order chi connectivity index (χ0) is 16.8. The fraction of sp³-hybridized carbons (Fsp3) is 0.500. The van der Waals surface area contributed by atoms with Gasteiger partial charge in [0.2, 0.25) is 0 Å². The SMILES string of the molecule is CC(C)CNC(=O)COC(=O)C(C)(C)Oc1ccc(Cl)cc1. The molecule has 1 aromatic rings. The van der Waals surface area contributed by atoms with E-state index in [0.29, 0.717) is 23.2 Å². The lowest BCUT2D eigenvalue weighted by Crippen LogP contribution is -2.41. The number of hydrogen-bond acceptors (Lipinski definition) is 4. The maximum atomic E-state index is 12.0. The molecule has 0 aliphatic carbocycles. The Morgan fingerprint density at radius 2 is 1.82 bits per heavy atom. The summed E-state index contributed by atoms with van der Waals surface area (Å²) in [7, 11) is 0. The Hall–Kier alpha value is -1.75. The van der Waals surface area contributed by atoms with E-state index in [9.17, 15) is 9.59 Å². The van der Waals surface area contributed by atoms with Crippen molar-refractivity contribution in [2.45, 2.75) is 33.3 Å². The van der Waals surface area contributed by atoms with Crippen LogP contribution >= 0.6 is 11.6 Å². The number of ether oxygens (including phenoxy) is 2. The van der Waals surface area contributed by atoms with Crippen LogP contribution in [0.15, 0.2) is 24.3 Å². The van der Waals surface area contributed by atoms with Crippen LogP contribution in [0.4, 0.5) is 0 Å². The number of carbonyl (C=O) groups excluding carboxylic acids is 2. The summed E-state index contributed by atoms with van der Waals surface area (Å²) >= 11 is 5.79. The molecule has 0 aliphatic heterocycles. The molecular formula is C16H22ClNO4. The van der Waals surface area contributed by atoms with Crippen molar-refractivity contribution >= 4 is 23.5 Å². The quantitative estimate of drug-likeness (QED) is 0.782. The van der Waals surface area contributed by atoms with E-state index in [0.717, 1.165) is 0 Å². The number of nitrogens with one attached hydrogen (secondary N) is 1. The van der Waals surface area contributed by atoms with Crippen LogP contribution in [0.25, 0.3) is 0 Å². The third-order valence-electron chi connectivity index (χ3n) is 2.72. The molecular weight excluding hydrogens is 306 g/mol. The Kier molecular flexibility index (Phi) is 6.68. The molecule has 0 heterocycles. The van der Waals surface area contributed by atoms with Crippen molar-refractivity contribution in [3.63, 3.8) is 0 Å². The molecule has 0 saturated heterocycles. The predicted molar refractivity (Wildman–Crippen MR) is 85.0 cm³/mol. The van der Waals surface area contributed by atoms with Gasteiger partial charge in [-0.1, -0.05) is 25.4 Å². The standard InChI is InChI=1S/C16H22ClNO4/c1-11(2)9-18-14(19)10-21-15(20)16(3,4)22-13-7-5-12(17)6-8-13/h5-8,11H,9-10H2,1-4H3,(H,18,19). The van der Waals surface area contributed by atoms with Crippen LogP contribution in [0.3, 0.4) is 0 Å². The van der Waals surface area contributed by atoms with E-state index in [-0.39, 0.29) is 12.5 Å². The van der Waals surface area contributed by atoms with Gasteiger partial charge in [0, 0.05) is 11.6 Å². The summed E-state index contributed by atoms with van der Waals surface area (Å²) in [5.74, 6) is -0.105. The van der Waals surface area contributed by atoms with E-state index in [4.69, 9.17) is 21.1 Å². The summed E-state index contributed by atoms with van der Waals surface area (Å²) in [5, 5.41) is 3.25. The highest BCUT2D eigenvalue weighted by Gasteiger charge is 2.32. The fourth-order valence-electron chi connectivity index (χ4n) is 1.51. The molecule has 1 rings (SSSR count). The van der Waals surface area contributed by atoms with Gasteiger partial charge >= 0.3 is 5.97 Å². The van der Waals surface area contributed by atoms with E-state index in [1.807, 2.05) is 13.8 Å². The van der Waals surface area contributed by atoms with E-state index in [1.165, 1.54) is 0 Å². The van der Waals surface area contributed by atoms with Gasteiger partial charge in [-0.2, -0.15) is 0 Å². The Balaban J connectivity index is 2.48. The maximum absolute atomic E-state index is 12.0. The van der Waals surface area contributed by atoms with E-state index < -0.39 is 11.6 Å². The van der Waals surface area contributed by atoms with Crippen LogP contribution in [-0.2, 0) is 14.3 Å². The zero-order valence-corrected chi connectivity index (χ0v) is 14.1. The van der Waals surface area contributed by atoms with E-state index in [1.54, 1.807) is 38.1 Å². The zero-order valence-electron chi connectivity index (χ0n) is 13.3. The lowest BCUT2D eigenvalue weighted by Gasteiger charge is -2.24. The molecule has 0 fully saturated rings. The van der Waals surface area contributed by atoms with Crippen molar-refractivity contribution in [3.05, 3.63) is 29.3 Å². The maximum Gasteiger partial charge on any atom is 0.350 e. The molecule has 22 heavy (non-hydrogen) atoms. The number of carbonyl (C=O) groups is 2. The van der Waals surface area contributed by atoms with Crippen molar-refractivity contribution in [1.29, 1.82) is 0 Å². The second-order valence-electron chi connectivity index (χ2n) is 5.84. The Labute approximate surface area is 135 Å². The molecule has 122 valence electrons. The molecule has 1 amide bonds. The van der Waals surface area contributed by atoms with Crippen molar-refractivity contribution in [3.8, 4) is 5.75 Å². The molecule has 5 nitrogen and oxygen atoms in total. The largest absolute Gasteiger partial charge is 0.476 e. The Morgan fingerprint density at radius 3 is 2.36 bits per heavy atom. The first-order chi connectivity index (χ1) is 10.2. The summed E-state index contributed by atoms with van der Waals surface area (Å²) in [6.45, 7) is 7.34. The van der Waals surface area contributed by atoms with Gasteiger partial charge in [0.1, 0.15) is 5.75 Å². The van der Waals surface area contributed by atoms with E-state index in [2.05, 4.69) is 5.32 Å². The number of rotatable bonds is 7. The molecule has 6 heteroatoms. The van der Waals surface area contributed by atoms with Gasteiger partial charge in [-0.15, -0.1) is 0 Å². The third kappa shape index (κ3) is 6.35. The summed E-state index contributed by atoms with van der Waals surface area (Å²) in [4.78, 5) is 23.6.